The van der Waals surface area contributed by atoms with Crippen LogP contribution in [0.3, 0.4) is 0 Å². The average molecular weight is 541 g/mol. The Balaban J connectivity index is 0.00000186. The molecule has 196 valence electrons. The maximum Gasteiger partial charge on any atom is 0.270 e. The van der Waals surface area contributed by atoms with Gasteiger partial charge in [-0.25, -0.2) is 9.97 Å². The van der Waals surface area contributed by atoms with Gasteiger partial charge in [-0.2, -0.15) is 10.1 Å². The number of hydrogen-bond acceptors (Lipinski definition) is 9. The minimum Gasteiger partial charge on any atom is -0.350 e. The first kappa shape index (κ1) is 28.1. The van der Waals surface area contributed by atoms with E-state index in [0.717, 1.165) is 16.3 Å². The topological polar surface area (TPSA) is 116 Å². The maximum atomic E-state index is 12.4. The molecule has 11 heteroatoms. The molecule has 0 spiro atoms. The number of carbonyl (C=O) groups is 1. The van der Waals surface area contributed by atoms with Crippen molar-refractivity contribution in [2.45, 2.75) is 46.6 Å². The van der Waals surface area contributed by atoms with Gasteiger partial charge in [-0.05, 0) is 49.8 Å². The number of anilines is 2. The van der Waals surface area contributed by atoms with Gasteiger partial charge in [0.1, 0.15) is 22.3 Å². The molecule has 1 aromatic carbocycles. The fraction of sp³-hybridized carbons (Fsp3) is 0.346. The monoisotopic (exact) mass is 540 g/mol. The van der Waals surface area contributed by atoms with Gasteiger partial charge >= 0.3 is 0 Å². The lowest BCUT2D eigenvalue weighted by Crippen LogP contribution is -2.26. The number of hydrogen-bond donors (Lipinski definition) is 4. The Morgan fingerprint density at radius 3 is 2.81 bits per heavy atom. The molecular formula is C26H33ClN8OS. The predicted molar refractivity (Wildman–Crippen MR) is 152 cm³/mol. The van der Waals surface area contributed by atoms with Crippen molar-refractivity contribution < 1.29 is 4.79 Å². The number of aryl methyl sites for hydroxylation is 1. The quantitative estimate of drug-likeness (QED) is 0.180. The highest BCUT2D eigenvalue weighted by molar-refractivity contribution is 7.09. The van der Waals surface area contributed by atoms with Crippen LogP contribution in [0.15, 0.2) is 53.2 Å². The molecule has 2 aromatic heterocycles. The van der Waals surface area contributed by atoms with Gasteiger partial charge in [-0.1, -0.05) is 44.2 Å². The zero-order valence-corrected chi connectivity index (χ0v) is 22.9. The number of thiazole rings is 1. The van der Waals surface area contributed by atoms with Crippen molar-refractivity contribution in [3.63, 3.8) is 0 Å². The fourth-order valence-electron chi connectivity index (χ4n) is 3.11. The molecule has 4 N–H and O–H groups in total. The molecule has 2 heterocycles. The zero-order chi connectivity index (χ0) is 26.6. The predicted octanol–water partition coefficient (Wildman–Crippen LogP) is 5.37. The second kappa shape index (κ2) is 14.3. The Kier molecular flexibility index (Phi) is 10.8. The molecule has 0 unspecified atom stereocenters. The lowest BCUT2D eigenvalue weighted by atomic mass is 10.1. The summed E-state index contributed by atoms with van der Waals surface area (Å²) < 4.78 is 0. The highest BCUT2D eigenvalue weighted by atomic mass is 35.5. The number of carbonyl (C=O) groups excluding carboxylic acids is 1. The smallest absolute Gasteiger partial charge is 0.270 e. The number of nitrogens with one attached hydrogen (secondary N) is 4. The van der Waals surface area contributed by atoms with Crippen molar-refractivity contribution in [2.75, 3.05) is 17.2 Å². The molecule has 1 amide bonds. The minimum absolute atomic E-state index is 0.205. The van der Waals surface area contributed by atoms with E-state index in [1.807, 2.05) is 57.3 Å². The van der Waals surface area contributed by atoms with Crippen LogP contribution in [0.25, 0.3) is 0 Å². The molecular weight excluding hydrogens is 508 g/mol. The second-order valence-corrected chi connectivity index (χ2v) is 9.54. The standard InChI is InChI=1S/C24H27ClN8OS.C2H6/c1-15-10-21(30-16(2)33-28-12-18-6-7-18)32-24(29-15)27-13-22-31-20(14-35-22)23(34)26-9-8-17-4-3-5-19(25)11-17;1-2/h3-5,10-12,14,18,33H,2,6-9,13H2,1H3,(H,26,34)(H2,27,29,30,32);1-2H3/b28-12+;. The van der Waals surface area contributed by atoms with Crippen LogP contribution in [0, 0.1) is 12.8 Å². The molecule has 1 fully saturated rings. The van der Waals surface area contributed by atoms with Gasteiger partial charge in [0.2, 0.25) is 5.95 Å². The molecule has 0 radical (unpaired) electrons. The van der Waals surface area contributed by atoms with Gasteiger partial charge < -0.3 is 16.0 Å². The molecule has 0 aliphatic heterocycles. The fourth-order valence-corrected chi connectivity index (χ4v) is 4.04. The van der Waals surface area contributed by atoms with Crippen molar-refractivity contribution in [3.8, 4) is 0 Å². The van der Waals surface area contributed by atoms with Crippen LogP contribution < -0.4 is 21.4 Å². The zero-order valence-electron chi connectivity index (χ0n) is 21.3. The third-order valence-electron chi connectivity index (χ3n) is 5.01. The second-order valence-electron chi connectivity index (χ2n) is 8.16. The lowest BCUT2D eigenvalue weighted by molar-refractivity contribution is 0.0949. The molecule has 1 aliphatic rings. The van der Waals surface area contributed by atoms with Crippen LogP contribution in [0.1, 0.15) is 53.4 Å². The Bertz CT molecular complexity index is 1220. The molecule has 9 nitrogen and oxygen atoms in total. The van der Waals surface area contributed by atoms with E-state index >= 15 is 0 Å². The number of rotatable bonds is 12. The first-order valence-corrected chi connectivity index (χ1v) is 13.5. The van der Waals surface area contributed by atoms with E-state index in [-0.39, 0.29) is 5.91 Å². The number of hydrazone groups is 1. The SMILES string of the molecule is C=C(N/N=C/C1CC1)Nc1cc(C)nc(NCc2nc(C(=O)NCCc3cccc(Cl)c3)cs2)n1.CC. The first-order chi connectivity index (χ1) is 17.9. The van der Waals surface area contributed by atoms with E-state index in [4.69, 9.17) is 11.6 Å². The van der Waals surface area contributed by atoms with Gasteiger partial charge in [0, 0.05) is 34.9 Å². The van der Waals surface area contributed by atoms with Crippen molar-refractivity contribution in [2.24, 2.45) is 11.0 Å². The van der Waals surface area contributed by atoms with E-state index in [1.165, 1.54) is 24.2 Å². The number of nitrogens with zero attached hydrogens (tertiary/aromatic N) is 4. The molecule has 0 bridgehead atoms. The summed E-state index contributed by atoms with van der Waals surface area (Å²) >= 11 is 7.40. The highest BCUT2D eigenvalue weighted by Gasteiger charge is 2.18. The van der Waals surface area contributed by atoms with Crippen LogP contribution in [0.2, 0.25) is 5.02 Å². The highest BCUT2D eigenvalue weighted by Crippen LogP contribution is 2.26. The number of halogens is 1. The molecule has 37 heavy (non-hydrogen) atoms. The van der Waals surface area contributed by atoms with Gasteiger partial charge in [-0.15, -0.1) is 11.3 Å². The molecule has 0 atom stereocenters. The summed E-state index contributed by atoms with van der Waals surface area (Å²) in [5.74, 6) is 1.95. The normalized spacial score (nSPS) is 12.4. The van der Waals surface area contributed by atoms with Crippen LogP contribution >= 0.6 is 22.9 Å². The van der Waals surface area contributed by atoms with Crippen molar-refractivity contribution >= 4 is 46.8 Å². The Morgan fingerprint density at radius 1 is 1.24 bits per heavy atom. The number of aromatic nitrogens is 3. The van der Waals surface area contributed by atoms with Gasteiger partial charge in [-0.3, -0.25) is 10.2 Å². The van der Waals surface area contributed by atoms with Crippen LogP contribution in [-0.2, 0) is 13.0 Å². The third-order valence-corrected chi connectivity index (χ3v) is 6.09. The van der Waals surface area contributed by atoms with Crippen LogP contribution in [0.5, 0.6) is 0 Å². The van der Waals surface area contributed by atoms with Crippen molar-refractivity contribution in [3.05, 3.63) is 75.1 Å². The summed E-state index contributed by atoms with van der Waals surface area (Å²) in [6, 6.07) is 9.41. The largest absolute Gasteiger partial charge is 0.350 e. The molecule has 3 aromatic rings. The number of amides is 1. The summed E-state index contributed by atoms with van der Waals surface area (Å²) in [5.41, 5.74) is 5.12. The molecule has 1 aliphatic carbocycles. The van der Waals surface area contributed by atoms with Gasteiger partial charge in [0.05, 0.1) is 6.54 Å². The summed E-state index contributed by atoms with van der Waals surface area (Å²) in [7, 11) is 0. The Morgan fingerprint density at radius 2 is 2.05 bits per heavy atom. The van der Waals surface area contributed by atoms with E-state index in [2.05, 4.69) is 48.0 Å². The summed E-state index contributed by atoms with van der Waals surface area (Å²) in [6.07, 6.45) is 4.98. The summed E-state index contributed by atoms with van der Waals surface area (Å²) in [4.78, 5) is 25.7. The summed E-state index contributed by atoms with van der Waals surface area (Å²) in [6.45, 7) is 10.7. The lowest BCUT2D eigenvalue weighted by Gasteiger charge is -2.10. The van der Waals surface area contributed by atoms with Crippen molar-refractivity contribution in [1.29, 1.82) is 0 Å². The van der Waals surface area contributed by atoms with Gasteiger partial charge in [0.25, 0.3) is 5.91 Å². The van der Waals surface area contributed by atoms with Crippen molar-refractivity contribution in [1.82, 2.24) is 25.7 Å². The maximum absolute atomic E-state index is 12.4. The minimum atomic E-state index is -0.205. The Labute approximate surface area is 226 Å². The Hall–Kier alpha value is -3.50. The first-order valence-electron chi connectivity index (χ1n) is 12.3. The molecule has 1 saturated carbocycles. The number of benzene rings is 1. The van der Waals surface area contributed by atoms with E-state index in [9.17, 15) is 4.79 Å². The summed E-state index contributed by atoms with van der Waals surface area (Å²) in [5, 5.41) is 16.5. The molecule has 4 rings (SSSR count). The van der Waals surface area contributed by atoms with Crippen LogP contribution in [-0.4, -0.2) is 33.6 Å². The van der Waals surface area contributed by atoms with Crippen LogP contribution in [0.4, 0.5) is 11.8 Å². The van der Waals surface area contributed by atoms with E-state index in [0.29, 0.717) is 53.7 Å². The van der Waals surface area contributed by atoms with E-state index in [1.54, 1.807) is 5.38 Å². The van der Waals surface area contributed by atoms with E-state index < -0.39 is 0 Å². The average Bonchev–Trinajstić information content (AvgIpc) is 3.57. The third kappa shape index (κ3) is 9.82. The molecule has 0 saturated heterocycles. The van der Waals surface area contributed by atoms with Gasteiger partial charge in [0.15, 0.2) is 0 Å².